The van der Waals surface area contributed by atoms with Gasteiger partial charge < -0.3 is 20.8 Å². The third-order valence-electron chi connectivity index (χ3n) is 6.89. The minimum absolute atomic E-state index is 0.0859. The number of hydrogen-bond donors (Lipinski definition) is 3. The van der Waals surface area contributed by atoms with Crippen LogP contribution in [0.2, 0.25) is 0 Å². The minimum atomic E-state index is -3.23. The Morgan fingerprint density at radius 2 is 2.00 bits per heavy atom. The van der Waals surface area contributed by atoms with Crippen molar-refractivity contribution in [3.63, 3.8) is 0 Å². The lowest BCUT2D eigenvalue weighted by molar-refractivity contribution is 0.100. The summed E-state index contributed by atoms with van der Waals surface area (Å²) in [5.74, 6) is -0.792. The van der Waals surface area contributed by atoms with Gasteiger partial charge in [-0.05, 0) is 66.6 Å². The third kappa shape index (κ3) is 5.46. The fourth-order valence-corrected chi connectivity index (χ4v) is 6.01. The second kappa shape index (κ2) is 11.1. The molecule has 36 heavy (non-hydrogen) atoms. The molecule has 194 valence electrons. The number of amides is 1. The van der Waals surface area contributed by atoms with Gasteiger partial charge in [-0.1, -0.05) is 6.07 Å². The molecule has 2 heterocycles. The highest BCUT2D eigenvalue weighted by atomic mass is 32.2. The number of nitrogens with zero attached hydrogens (tertiary/aromatic N) is 1. The standard InChI is InChI=1S/C26H33FN4O4S/c1-3-36(33,34)31-9-6-18(7-10-31)23-16-30-25-21(23)13-19(14-22(25)26(28)32)20-12-17(4-5-24(20)27)15-29-8-11-35-2/h4-5,12-14,16,18,29-30H,3,6-11,15H2,1-2H3,(H2,28,32). The number of carbonyl (C=O) groups is 1. The zero-order valence-corrected chi connectivity index (χ0v) is 21.5. The monoisotopic (exact) mass is 516 g/mol. The van der Waals surface area contributed by atoms with Gasteiger partial charge in [-0.2, -0.15) is 0 Å². The number of methoxy groups -OCH3 is 1. The summed E-state index contributed by atoms with van der Waals surface area (Å²) in [6.45, 7) is 4.34. The Hall–Kier alpha value is -2.79. The van der Waals surface area contributed by atoms with Gasteiger partial charge in [-0.15, -0.1) is 0 Å². The molecule has 0 radical (unpaired) electrons. The zero-order chi connectivity index (χ0) is 25.9. The summed E-state index contributed by atoms with van der Waals surface area (Å²) in [6.07, 6.45) is 3.20. The summed E-state index contributed by atoms with van der Waals surface area (Å²) in [5, 5.41) is 4.06. The van der Waals surface area contributed by atoms with Crippen LogP contribution in [0.15, 0.2) is 36.5 Å². The van der Waals surface area contributed by atoms with Crippen molar-refractivity contribution < 1.29 is 22.3 Å². The van der Waals surface area contributed by atoms with E-state index in [2.05, 4.69) is 10.3 Å². The molecule has 1 aromatic heterocycles. The first-order valence-electron chi connectivity index (χ1n) is 12.2. The number of nitrogens with two attached hydrogens (primary N) is 1. The maximum Gasteiger partial charge on any atom is 0.250 e. The van der Waals surface area contributed by atoms with E-state index in [9.17, 15) is 17.6 Å². The van der Waals surface area contributed by atoms with Gasteiger partial charge in [-0.3, -0.25) is 4.79 Å². The van der Waals surface area contributed by atoms with E-state index in [0.717, 1.165) is 16.5 Å². The number of aromatic nitrogens is 1. The quantitative estimate of drug-likeness (QED) is 0.357. The van der Waals surface area contributed by atoms with E-state index in [1.54, 1.807) is 36.5 Å². The minimum Gasteiger partial charge on any atom is -0.383 e. The van der Waals surface area contributed by atoms with Gasteiger partial charge in [0, 0.05) is 50.4 Å². The lowest BCUT2D eigenvalue weighted by Gasteiger charge is -2.31. The first-order chi connectivity index (χ1) is 17.2. The summed E-state index contributed by atoms with van der Waals surface area (Å²) >= 11 is 0. The van der Waals surface area contributed by atoms with Crippen LogP contribution in [0.1, 0.15) is 47.2 Å². The summed E-state index contributed by atoms with van der Waals surface area (Å²) in [7, 11) is -1.59. The molecule has 0 saturated carbocycles. The summed E-state index contributed by atoms with van der Waals surface area (Å²) < 4.78 is 46.1. The van der Waals surface area contributed by atoms with E-state index in [4.69, 9.17) is 10.5 Å². The van der Waals surface area contributed by atoms with Crippen molar-refractivity contribution in [1.82, 2.24) is 14.6 Å². The maximum atomic E-state index is 15.0. The molecule has 1 fully saturated rings. The summed E-state index contributed by atoms with van der Waals surface area (Å²) in [4.78, 5) is 15.5. The van der Waals surface area contributed by atoms with Crippen molar-refractivity contribution >= 4 is 26.8 Å². The van der Waals surface area contributed by atoms with Crippen LogP contribution in [-0.4, -0.2) is 62.7 Å². The van der Waals surface area contributed by atoms with Crippen LogP contribution in [0.5, 0.6) is 0 Å². The molecule has 0 bridgehead atoms. The number of halogens is 1. The number of primary amides is 1. The van der Waals surface area contributed by atoms with Crippen molar-refractivity contribution in [3.05, 3.63) is 59.0 Å². The van der Waals surface area contributed by atoms with Gasteiger partial charge in [-0.25, -0.2) is 17.1 Å². The molecule has 0 aliphatic carbocycles. The second-order valence-corrected chi connectivity index (χ2v) is 11.4. The molecule has 3 aromatic rings. The average molecular weight is 517 g/mol. The molecule has 1 saturated heterocycles. The maximum absolute atomic E-state index is 15.0. The predicted octanol–water partition coefficient (Wildman–Crippen LogP) is 3.34. The number of rotatable bonds is 10. The number of sulfonamides is 1. The number of benzene rings is 2. The van der Waals surface area contributed by atoms with Crippen LogP contribution in [0.3, 0.4) is 0 Å². The van der Waals surface area contributed by atoms with E-state index in [-0.39, 0.29) is 17.5 Å². The van der Waals surface area contributed by atoms with Crippen LogP contribution >= 0.6 is 0 Å². The van der Waals surface area contributed by atoms with E-state index in [1.807, 2.05) is 12.3 Å². The number of aromatic amines is 1. The van der Waals surface area contributed by atoms with Crippen LogP contribution in [0.4, 0.5) is 4.39 Å². The molecular formula is C26H33FN4O4S. The first-order valence-corrected chi connectivity index (χ1v) is 13.8. The zero-order valence-electron chi connectivity index (χ0n) is 20.6. The van der Waals surface area contributed by atoms with Gasteiger partial charge in [0.1, 0.15) is 5.82 Å². The number of ether oxygens (including phenoxy) is 1. The Morgan fingerprint density at radius 1 is 1.25 bits per heavy atom. The van der Waals surface area contributed by atoms with Crippen molar-refractivity contribution in [2.45, 2.75) is 32.2 Å². The first kappa shape index (κ1) is 26.3. The molecule has 1 amide bonds. The van der Waals surface area contributed by atoms with Crippen molar-refractivity contribution in [1.29, 1.82) is 0 Å². The molecule has 4 N–H and O–H groups in total. The highest BCUT2D eigenvalue weighted by molar-refractivity contribution is 7.89. The Labute approximate surface area is 211 Å². The fraction of sp³-hybridized carbons (Fsp3) is 0.423. The Bertz CT molecular complexity index is 1350. The molecule has 2 aromatic carbocycles. The predicted molar refractivity (Wildman–Crippen MR) is 139 cm³/mol. The van der Waals surface area contributed by atoms with Crippen molar-refractivity contribution in [2.75, 3.05) is 39.1 Å². The Kier molecular flexibility index (Phi) is 8.09. The van der Waals surface area contributed by atoms with Crippen LogP contribution < -0.4 is 11.1 Å². The second-order valence-electron chi connectivity index (χ2n) is 9.11. The highest BCUT2D eigenvalue weighted by Crippen LogP contribution is 2.37. The normalized spacial score (nSPS) is 15.5. The number of piperidine rings is 1. The molecule has 1 aliphatic heterocycles. The van der Waals surface area contributed by atoms with Crippen LogP contribution in [0.25, 0.3) is 22.0 Å². The van der Waals surface area contributed by atoms with Crippen molar-refractivity contribution in [2.24, 2.45) is 5.73 Å². The third-order valence-corrected chi connectivity index (χ3v) is 8.77. The number of fused-ring (bicyclic) bond motifs is 1. The molecule has 8 nitrogen and oxygen atoms in total. The van der Waals surface area contributed by atoms with Gasteiger partial charge in [0.15, 0.2) is 0 Å². The lowest BCUT2D eigenvalue weighted by atomic mass is 9.88. The molecule has 10 heteroatoms. The summed E-state index contributed by atoms with van der Waals surface area (Å²) in [5.41, 5.74) is 9.47. The SMILES string of the molecule is CCS(=O)(=O)N1CCC(c2c[nH]c3c(C(N)=O)cc(-c4cc(CNCCOC)ccc4F)cc23)CC1. The van der Waals surface area contributed by atoms with Crippen molar-refractivity contribution in [3.8, 4) is 11.1 Å². The van der Waals surface area contributed by atoms with Crippen LogP contribution in [0, 0.1) is 5.82 Å². The highest BCUT2D eigenvalue weighted by Gasteiger charge is 2.29. The Balaban J connectivity index is 1.69. The number of nitrogens with one attached hydrogen (secondary N) is 2. The van der Waals surface area contributed by atoms with Gasteiger partial charge in [0.2, 0.25) is 10.0 Å². The molecular weight excluding hydrogens is 483 g/mol. The van der Waals surface area contributed by atoms with Gasteiger partial charge >= 0.3 is 0 Å². The molecule has 1 aliphatic rings. The Morgan fingerprint density at radius 3 is 2.67 bits per heavy atom. The number of hydrogen-bond acceptors (Lipinski definition) is 5. The van der Waals surface area contributed by atoms with E-state index < -0.39 is 15.9 Å². The average Bonchev–Trinajstić information content (AvgIpc) is 3.31. The topological polar surface area (TPSA) is 118 Å². The largest absolute Gasteiger partial charge is 0.383 e. The van der Waals surface area contributed by atoms with E-state index in [1.165, 1.54) is 6.07 Å². The van der Waals surface area contributed by atoms with E-state index in [0.29, 0.717) is 67.8 Å². The smallest absolute Gasteiger partial charge is 0.250 e. The number of carbonyl (C=O) groups excluding carboxylic acids is 1. The van der Waals surface area contributed by atoms with Gasteiger partial charge in [0.05, 0.1) is 23.4 Å². The molecule has 4 rings (SSSR count). The molecule has 0 unspecified atom stereocenters. The van der Waals surface area contributed by atoms with Crippen LogP contribution in [-0.2, 0) is 21.3 Å². The fourth-order valence-electron chi connectivity index (χ4n) is 4.88. The van der Waals surface area contributed by atoms with E-state index >= 15 is 0 Å². The summed E-state index contributed by atoms with van der Waals surface area (Å²) in [6, 6.07) is 8.46. The molecule has 0 spiro atoms. The number of H-pyrrole nitrogens is 1. The lowest BCUT2D eigenvalue weighted by Crippen LogP contribution is -2.38. The molecule has 0 atom stereocenters. The van der Waals surface area contributed by atoms with Gasteiger partial charge in [0.25, 0.3) is 5.91 Å².